The molecule has 5 nitrogen and oxygen atoms in total. The van der Waals surface area contributed by atoms with Crippen LogP contribution in [-0.2, 0) is 14.3 Å². The van der Waals surface area contributed by atoms with Gasteiger partial charge in [-0.2, -0.15) is 0 Å². The number of rotatable bonds is 9. The molecule has 0 aromatic heterocycles. The minimum absolute atomic E-state index is 0.353. The third-order valence-corrected chi connectivity index (χ3v) is 1.73. The van der Waals surface area contributed by atoms with Crippen LogP contribution >= 0.6 is 0 Å². The first kappa shape index (κ1) is 13.4. The minimum Gasteiger partial charge on any atom is -0.481 e. The van der Waals surface area contributed by atoms with E-state index in [0.29, 0.717) is 32.9 Å². The van der Waals surface area contributed by atoms with Gasteiger partial charge in [-0.15, -0.1) is 0 Å². The van der Waals surface area contributed by atoms with Crippen LogP contribution in [0.2, 0.25) is 0 Å². The predicted octanol–water partition coefficient (Wildman–Crippen LogP) is -0.0403. The molecule has 0 aromatic rings. The van der Waals surface area contributed by atoms with E-state index in [1.165, 1.54) is 0 Å². The van der Waals surface area contributed by atoms with Gasteiger partial charge in [0.05, 0.1) is 25.7 Å². The van der Waals surface area contributed by atoms with Gasteiger partial charge in [-0.05, 0) is 0 Å². The smallest absolute Gasteiger partial charge is 0.307 e. The quantitative estimate of drug-likeness (QED) is 0.517. The second kappa shape index (κ2) is 8.93. The highest BCUT2D eigenvalue weighted by Crippen LogP contribution is 1.90. The third kappa shape index (κ3) is 7.97. The lowest BCUT2D eigenvalue weighted by molar-refractivity contribution is -0.140. The van der Waals surface area contributed by atoms with Crippen molar-refractivity contribution in [2.45, 2.75) is 6.92 Å². The number of ether oxygens (including phenoxy) is 2. The van der Waals surface area contributed by atoms with Crippen molar-refractivity contribution in [1.29, 1.82) is 0 Å². The van der Waals surface area contributed by atoms with Crippen molar-refractivity contribution < 1.29 is 19.4 Å². The molecule has 5 heteroatoms. The standard InChI is InChI=1S/C9H19NO4/c1-8(9(11)12)7-10-3-4-14-6-5-13-2/h8,10H,3-7H2,1-2H3,(H,11,12). The average Bonchev–Trinajstić information content (AvgIpc) is 2.16. The molecule has 0 bridgehead atoms. The molecule has 1 atom stereocenters. The molecule has 0 aromatic carbocycles. The van der Waals surface area contributed by atoms with Gasteiger partial charge in [0.25, 0.3) is 0 Å². The van der Waals surface area contributed by atoms with E-state index in [2.05, 4.69) is 5.32 Å². The van der Waals surface area contributed by atoms with Crippen LogP contribution in [0.5, 0.6) is 0 Å². The largest absolute Gasteiger partial charge is 0.481 e. The van der Waals surface area contributed by atoms with Crippen molar-refractivity contribution in [3.8, 4) is 0 Å². The molecular formula is C9H19NO4. The number of carbonyl (C=O) groups is 1. The molecule has 0 radical (unpaired) electrons. The van der Waals surface area contributed by atoms with Gasteiger partial charge in [0.15, 0.2) is 0 Å². The van der Waals surface area contributed by atoms with Crippen molar-refractivity contribution in [1.82, 2.24) is 5.32 Å². The molecule has 0 aliphatic carbocycles. The number of carboxylic acids is 1. The van der Waals surface area contributed by atoms with Crippen LogP contribution in [0.15, 0.2) is 0 Å². The van der Waals surface area contributed by atoms with Crippen LogP contribution in [0.1, 0.15) is 6.92 Å². The summed E-state index contributed by atoms with van der Waals surface area (Å²) in [4.78, 5) is 10.4. The van der Waals surface area contributed by atoms with E-state index in [0.717, 1.165) is 0 Å². The lowest BCUT2D eigenvalue weighted by Gasteiger charge is -2.08. The zero-order chi connectivity index (χ0) is 10.8. The zero-order valence-corrected chi connectivity index (χ0v) is 8.78. The molecular weight excluding hydrogens is 186 g/mol. The van der Waals surface area contributed by atoms with E-state index in [-0.39, 0.29) is 5.92 Å². The summed E-state index contributed by atoms with van der Waals surface area (Å²) in [5.74, 6) is -1.13. The Bertz CT molecular complexity index is 152. The third-order valence-electron chi connectivity index (χ3n) is 1.73. The number of carboxylic acid groups (broad SMARTS) is 1. The van der Waals surface area contributed by atoms with Gasteiger partial charge in [0.2, 0.25) is 0 Å². The van der Waals surface area contributed by atoms with Gasteiger partial charge in [0.1, 0.15) is 0 Å². The highest BCUT2D eigenvalue weighted by molar-refractivity contribution is 5.69. The maximum atomic E-state index is 10.4. The predicted molar refractivity (Wildman–Crippen MR) is 52.4 cm³/mol. The van der Waals surface area contributed by atoms with Gasteiger partial charge in [-0.25, -0.2) is 0 Å². The Balaban J connectivity index is 3.09. The van der Waals surface area contributed by atoms with Gasteiger partial charge in [-0.3, -0.25) is 4.79 Å². The first-order valence-corrected chi connectivity index (χ1v) is 4.68. The summed E-state index contributed by atoms with van der Waals surface area (Å²) in [5.41, 5.74) is 0. The van der Waals surface area contributed by atoms with Crippen molar-refractivity contribution in [3.63, 3.8) is 0 Å². The molecule has 0 saturated heterocycles. The van der Waals surface area contributed by atoms with Gasteiger partial charge < -0.3 is 19.9 Å². The van der Waals surface area contributed by atoms with E-state index in [1.807, 2.05) is 0 Å². The number of hydrogen-bond donors (Lipinski definition) is 2. The summed E-state index contributed by atoms with van der Waals surface area (Å²) >= 11 is 0. The molecule has 0 amide bonds. The highest BCUT2D eigenvalue weighted by Gasteiger charge is 2.08. The molecule has 0 spiro atoms. The van der Waals surface area contributed by atoms with E-state index >= 15 is 0 Å². The van der Waals surface area contributed by atoms with Crippen molar-refractivity contribution >= 4 is 5.97 Å². The van der Waals surface area contributed by atoms with Crippen LogP contribution in [-0.4, -0.2) is 51.1 Å². The fourth-order valence-corrected chi connectivity index (χ4v) is 0.795. The molecule has 0 rings (SSSR count). The topological polar surface area (TPSA) is 67.8 Å². The van der Waals surface area contributed by atoms with E-state index in [1.54, 1.807) is 14.0 Å². The Labute approximate surface area is 84.4 Å². The highest BCUT2D eigenvalue weighted by atomic mass is 16.5. The maximum absolute atomic E-state index is 10.4. The molecule has 2 N–H and O–H groups in total. The summed E-state index contributed by atoms with van der Waals surface area (Å²) in [6.07, 6.45) is 0. The van der Waals surface area contributed by atoms with Crippen LogP contribution in [0.3, 0.4) is 0 Å². The molecule has 84 valence electrons. The molecule has 0 heterocycles. The fraction of sp³-hybridized carbons (Fsp3) is 0.889. The van der Waals surface area contributed by atoms with E-state index in [9.17, 15) is 4.79 Å². The van der Waals surface area contributed by atoms with Crippen LogP contribution in [0.4, 0.5) is 0 Å². The van der Waals surface area contributed by atoms with Gasteiger partial charge in [-0.1, -0.05) is 6.92 Å². The Morgan fingerprint density at radius 1 is 1.43 bits per heavy atom. The first-order chi connectivity index (χ1) is 6.68. The van der Waals surface area contributed by atoms with Crippen molar-refractivity contribution in [2.24, 2.45) is 5.92 Å². The number of hydrogen-bond acceptors (Lipinski definition) is 4. The Morgan fingerprint density at radius 3 is 2.71 bits per heavy atom. The van der Waals surface area contributed by atoms with Crippen LogP contribution in [0, 0.1) is 5.92 Å². The average molecular weight is 205 g/mol. The van der Waals surface area contributed by atoms with E-state index < -0.39 is 5.97 Å². The van der Waals surface area contributed by atoms with E-state index in [4.69, 9.17) is 14.6 Å². The summed E-state index contributed by atoms with van der Waals surface area (Å²) in [6, 6.07) is 0. The summed E-state index contributed by atoms with van der Waals surface area (Å²) in [5, 5.41) is 11.6. The summed E-state index contributed by atoms with van der Waals surface area (Å²) < 4.78 is 9.98. The molecule has 0 aliphatic heterocycles. The van der Waals surface area contributed by atoms with Crippen molar-refractivity contribution in [3.05, 3.63) is 0 Å². The fourth-order valence-electron chi connectivity index (χ4n) is 0.795. The normalized spacial score (nSPS) is 12.7. The van der Waals surface area contributed by atoms with Crippen molar-refractivity contribution in [2.75, 3.05) is 40.0 Å². The second-order valence-electron chi connectivity index (χ2n) is 3.05. The second-order valence-corrected chi connectivity index (χ2v) is 3.05. The maximum Gasteiger partial charge on any atom is 0.307 e. The first-order valence-electron chi connectivity index (χ1n) is 4.68. The van der Waals surface area contributed by atoms with Gasteiger partial charge in [0, 0.05) is 20.2 Å². The number of aliphatic carboxylic acids is 1. The number of methoxy groups -OCH3 is 1. The lowest BCUT2D eigenvalue weighted by Crippen LogP contribution is -2.29. The molecule has 14 heavy (non-hydrogen) atoms. The lowest BCUT2D eigenvalue weighted by atomic mass is 10.2. The van der Waals surface area contributed by atoms with Crippen LogP contribution in [0.25, 0.3) is 0 Å². The minimum atomic E-state index is -0.780. The summed E-state index contributed by atoms with van der Waals surface area (Å²) in [6.45, 7) is 4.55. The summed E-state index contributed by atoms with van der Waals surface area (Å²) in [7, 11) is 1.62. The Hall–Kier alpha value is -0.650. The molecule has 1 unspecified atom stereocenters. The van der Waals surface area contributed by atoms with Crippen LogP contribution < -0.4 is 5.32 Å². The Morgan fingerprint density at radius 2 is 2.14 bits per heavy atom. The monoisotopic (exact) mass is 205 g/mol. The zero-order valence-electron chi connectivity index (χ0n) is 8.78. The molecule has 0 fully saturated rings. The molecule has 0 aliphatic rings. The Kier molecular flexibility index (Phi) is 8.51. The number of nitrogens with one attached hydrogen (secondary N) is 1. The molecule has 0 saturated carbocycles. The SMILES string of the molecule is COCCOCCNCC(C)C(=O)O. The van der Waals surface area contributed by atoms with Gasteiger partial charge >= 0.3 is 5.97 Å².